The first kappa shape index (κ1) is 9.60. The van der Waals surface area contributed by atoms with Gasteiger partial charge in [-0.05, 0) is 11.6 Å². The molecular formula is C8H8FNO3. The summed E-state index contributed by atoms with van der Waals surface area (Å²) in [6.07, 6.45) is -0.429. The van der Waals surface area contributed by atoms with Crippen LogP contribution in [0.2, 0.25) is 0 Å². The molecule has 1 heterocycles. The minimum Gasteiger partial charge on any atom is -0.481 e. The summed E-state index contributed by atoms with van der Waals surface area (Å²) in [6.45, 7) is 0. The normalized spacial score (nSPS) is 12.5. The van der Waals surface area contributed by atoms with Crippen molar-refractivity contribution >= 4 is 5.97 Å². The van der Waals surface area contributed by atoms with E-state index in [-0.39, 0.29) is 0 Å². The first-order chi connectivity index (χ1) is 6.09. The van der Waals surface area contributed by atoms with E-state index >= 15 is 0 Å². The molecule has 0 radical (unpaired) electrons. The lowest BCUT2D eigenvalue weighted by Crippen LogP contribution is -2.05. The maximum atomic E-state index is 12.3. The molecule has 0 amide bonds. The summed E-state index contributed by atoms with van der Waals surface area (Å²) in [5.74, 6) is -1.77. The molecule has 5 heteroatoms. The van der Waals surface area contributed by atoms with Crippen LogP contribution in [0.25, 0.3) is 0 Å². The molecule has 0 spiro atoms. The predicted molar refractivity (Wildman–Crippen MR) is 41.4 cm³/mol. The van der Waals surface area contributed by atoms with Gasteiger partial charge in [-0.3, -0.25) is 4.79 Å². The summed E-state index contributed by atoms with van der Waals surface area (Å²) >= 11 is 0. The van der Waals surface area contributed by atoms with Gasteiger partial charge in [-0.15, -0.1) is 0 Å². The highest BCUT2D eigenvalue weighted by atomic mass is 19.1. The van der Waals surface area contributed by atoms with Gasteiger partial charge in [0.25, 0.3) is 0 Å². The molecule has 1 aromatic rings. The van der Waals surface area contributed by atoms with Crippen LogP contribution in [-0.4, -0.2) is 21.2 Å². The second-order valence-corrected chi connectivity index (χ2v) is 2.53. The Morgan fingerprint density at radius 3 is 2.77 bits per heavy atom. The van der Waals surface area contributed by atoms with E-state index in [1.165, 1.54) is 6.07 Å². The first-order valence-corrected chi connectivity index (χ1v) is 3.61. The average molecular weight is 185 g/mol. The summed E-state index contributed by atoms with van der Waals surface area (Å²) in [4.78, 5) is 13.5. The van der Waals surface area contributed by atoms with Gasteiger partial charge >= 0.3 is 5.97 Å². The van der Waals surface area contributed by atoms with Gasteiger partial charge in [0.15, 0.2) is 0 Å². The van der Waals surface area contributed by atoms with E-state index in [1.54, 1.807) is 0 Å². The third kappa shape index (κ3) is 2.79. The third-order valence-electron chi connectivity index (χ3n) is 1.50. The Kier molecular flexibility index (Phi) is 2.92. The molecule has 0 aliphatic heterocycles. The molecule has 2 N–H and O–H groups in total. The Morgan fingerprint density at radius 2 is 2.31 bits per heavy atom. The van der Waals surface area contributed by atoms with Crippen molar-refractivity contribution in [2.45, 2.75) is 12.5 Å². The van der Waals surface area contributed by atoms with Crippen molar-refractivity contribution in [3.63, 3.8) is 0 Å². The number of hydrogen-bond donors (Lipinski definition) is 2. The van der Waals surface area contributed by atoms with Crippen LogP contribution in [0.4, 0.5) is 4.39 Å². The monoisotopic (exact) mass is 185 g/mol. The number of rotatable bonds is 3. The topological polar surface area (TPSA) is 70.4 Å². The minimum atomic E-state index is -1.13. The van der Waals surface area contributed by atoms with E-state index in [0.29, 0.717) is 5.56 Å². The molecule has 0 unspecified atom stereocenters. The number of halogens is 1. The van der Waals surface area contributed by atoms with Crippen LogP contribution in [0.1, 0.15) is 18.1 Å². The van der Waals surface area contributed by atoms with Crippen molar-refractivity contribution in [2.24, 2.45) is 0 Å². The molecule has 0 aliphatic rings. The van der Waals surface area contributed by atoms with Crippen LogP contribution in [-0.2, 0) is 4.79 Å². The molecule has 0 aromatic carbocycles. The third-order valence-corrected chi connectivity index (χ3v) is 1.50. The molecule has 1 atom stereocenters. The van der Waals surface area contributed by atoms with Crippen LogP contribution in [0, 0.1) is 5.95 Å². The summed E-state index contributed by atoms with van der Waals surface area (Å²) < 4.78 is 12.3. The predicted octanol–water partition coefficient (Wildman–Crippen LogP) is 0.729. The Morgan fingerprint density at radius 1 is 1.62 bits per heavy atom. The number of carboxylic acids is 1. The number of carboxylic acid groups (broad SMARTS) is 1. The lowest BCUT2D eigenvalue weighted by molar-refractivity contribution is -0.139. The highest BCUT2D eigenvalue weighted by molar-refractivity contribution is 5.67. The van der Waals surface area contributed by atoms with Gasteiger partial charge in [0, 0.05) is 6.20 Å². The molecule has 1 rings (SSSR count). The highest BCUT2D eigenvalue weighted by Crippen LogP contribution is 2.14. The van der Waals surface area contributed by atoms with Gasteiger partial charge in [-0.1, -0.05) is 6.07 Å². The second kappa shape index (κ2) is 3.95. The molecule has 0 saturated heterocycles. The standard InChI is InChI=1S/C8H8FNO3/c9-7-2-1-5(4-10-7)6(11)3-8(12)13/h1-2,4,6,11H,3H2,(H,12,13)/t6-/m1/s1. The van der Waals surface area contributed by atoms with Gasteiger partial charge in [0.2, 0.25) is 5.95 Å². The minimum absolute atomic E-state index is 0.295. The van der Waals surface area contributed by atoms with Gasteiger partial charge in [-0.25, -0.2) is 4.98 Å². The zero-order chi connectivity index (χ0) is 9.84. The molecule has 70 valence electrons. The molecule has 0 saturated carbocycles. The Labute approximate surface area is 73.7 Å². The Balaban J connectivity index is 2.71. The number of carbonyl (C=O) groups is 1. The molecule has 0 fully saturated rings. The van der Waals surface area contributed by atoms with E-state index in [1.807, 2.05) is 0 Å². The van der Waals surface area contributed by atoms with E-state index in [0.717, 1.165) is 12.3 Å². The Hall–Kier alpha value is -1.49. The largest absolute Gasteiger partial charge is 0.481 e. The van der Waals surface area contributed by atoms with E-state index in [2.05, 4.69) is 4.98 Å². The van der Waals surface area contributed by atoms with Crippen LogP contribution in [0.5, 0.6) is 0 Å². The molecule has 0 bridgehead atoms. The van der Waals surface area contributed by atoms with E-state index in [9.17, 15) is 14.3 Å². The number of hydrogen-bond acceptors (Lipinski definition) is 3. The van der Waals surface area contributed by atoms with Gasteiger partial charge in [-0.2, -0.15) is 4.39 Å². The number of aliphatic hydroxyl groups is 1. The fourth-order valence-corrected chi connectivity index (χ4v) is 0.868. The second-order valence-electron chi connectivity index (χ2n) is 2.53. The van der Waals surface area contributed by atoms with Gasteiger partial charge in [0.1, 0.15) is 0 Å². The average Bonchev–Trinajstić information content (AvgIpc) is 2.04. The van der Waals surface area contributed by atoms with Crippen LogP contribution >= 0.6 is 0 Å². The van der Waals surface area contributed by atoms with E-state index in [4.69, 9.17) is 5.11 Å². The van der Waals surface area contributed by atoms with Crippen molar-refractivity contribution in [3.8, 4) is 0 Å². The van der Waals surface area contributed by atoms with Crippen LogP contribution in [0.3, 0.4) is 0 Å². The molecular weight excluding hydrogens is 177 g/mol. The lowest BCUT2D eigenvalue weighted by Gasteiger charge is -2.06. The highest BCUT2D eigenvalue weighted by Gasteiger charge is 2.11. The summed E-state index contributed by atoms with van der Waals surface area (Å²) in [5.41, 5.74) is 0.295. The number of aliphatic carboxylic acids is 1. The van der Waals surface area contributed by atoms with Crippen LogP contribution in [0.15, 0.2) is 18.3 Å². The van der Waals surface area contributed by atoms with Crippen molar-refractivity contribution in [2.75, 3.05) is 0 Å². The first-order valence-electron chi connectivity index (χ1n) is 3.61. The Bertz CT molecular complexity index is 299. The van der Waals surface area contributed by atoms with Crippen molar-refractivity contribution < 1.29 is 19.4 Å². The van der Waals surface area contributed by atoms with Gasteiger partial charge < -0.3 is 10.2 Å². The van der Waals surface area contributed by atoms with Crippen molar-refractivity contribution in [1.82, 2.24) is 4.98 Å². The van der Waals surface area contributed by atoms with Crippen molar-refractivity contribution in [3.05, 3.63) is 29.8 Å². The zero-order valence-corrected chi connectivity index (χ0v) is 6.64. The van der Waals surface area contributed by atoms with Crippen molar-refractivity contribution in [1.29, 1.82) is 0 Å². The molecule has 0 aliphatic carbocycles. The molecule has 1 aromatic heterocycles. The summed E-state index contributed by atoms with van der Waals surface area (Å²) in [6, 6.07) is 2.37. The number of aliphatic hydroxyl groups excluding tert-OH is 1. The number of aromatic nitrogens is 1. The van der Waals surface area contributed by atoms with Gasteiger partial charge in [0.05, 0.1) is 12.5 Å². The number of nitrogens with zero attached hydrogens (tertiary/aromatic N) is 1. The quantitative estimate of drug-likeness (QED) is 0.681. The molecule has 13 heavy (non-hydrogen) atoms. The lowest BCUT2D eigenvalue weighted by atomic mass is 10.1. The maximum absolute atomic E-state index is 12.3. The number of pyridine rings is 1. The SMILES string of the molecule is O=C(O)C[C@@H](O)c1ccc(F)nc1. The molecule has 4 nitrogen and oxygen atoms in total. The summed E-state index contributed by atoms with van der Waals surface area (Å²) in [7, 11) is 0. The van der Waals surface area contributed by atoms with Crippen LogP contribution < -0.4 is 0 Å². The zero-order valence-electron chi connectivity index (χ0n) is 6.64. The fourth-order valence-electron chi connectivity index (χ4n) is 0.868. The van der Waals surface area contributed by atoms with E-state index < -0.39 is 24.4 Å². The maximum Gasteiger partial charge on any atom is 0.306 e. The summed E-state index contributed by atoms with van der Waals surface area (Å²) in [5, 5.41) is 17.6. The smallest absolute Gasteiger partial charge is 0.306 e. The fraction of sp³-hybridized carbons (Fsp3) is 0.250.